The summed E-state index contributed by atoms with van der Waals surface area (Å²) in [5.41, 5.74) is 4.91. The Kier molecular flexibility index (Phi) is 6.56. The zero-order chi connectivity index (χ0) is 23.3. The Balaban J connectivity index is 1.37. The summed E-state index contributed by atoms with van der Waals surface area (Å²) in [4.78, 5) is 20.6. The minimum atomic E-state index is -0.806. The summed E-state index contributed by atoms with van der Waals surface area (Å²) in [7, 11) is 0. The van der Waals surface area contributed by atoms with Gasteiger partial charge in [0.1, 0.15) is 6.04 Å². The summed E-state index contributed by atoms with van der Waals surface area (Å²) in [6.45, 7) is 3.97. The predicted molar refractivity (Wildman–Crippen MR) is 138 cm³/mol. The first-order valence-corrected chi connectivity index (χ1v) is 11.8. The number of carboxylic acids is 1. The lowest BCUT2D eigenvalue weighted by Crippen LogP contribution is -2.49. The molecule has 1 fully saturated rings. The van der Waals surface area contributed by atoms with Gasteiger partial charge in [0.2, 0.25) is 0 Å². The number of aromatic amines is 1. The van der Waals surface area contributed by atoms with E-state index in [4.69, 9.17) is 0 Å². The highest BCUT2D eigenvalue weighted by atomic mass is 16.4. The highest BCUT2D eigenvalue weighted by Gasteiger charge is 2.34. The fourth-order valence-electron chi connectivity index (χ4n) is 4.85. The molecular weight excluding hydrogens is 422 g/mol. The third-order valence-corrected chi connectivity index (χ3v) is 6.56. The summed E-state index contributed by atoms with van der Waals surface area (Å²) in [6, 6.07) is 27.6. The molecule has 1 atom stereocenters. The summed E-state index contributed by atoms with van der Waals surface area (Å²) in [5.74, 6) is -0.806. The van der Waals surface area contributed by atoms with Gasteiger partial charge in [-0.15, -0.1) is 0 Å². The predicted octanol–water partition coefficient (Wildman–Crippen LogP) is 5.29. The molecule has 1 aromatic heterocycles. The van der Waals surface area contributed by atoms with E-state index in [1.165, 1.54) is 5.56 Å². The SMILES string of the molecule is O=C(O)C(c1c(-c2ccccc2)[nH]c2ccccc12)N1CCN(CC=Cc2ccccc2)CC1. The third-order valence-electron chi connectivity index (χ3n) is 6.56. The average Bonchev–Trinajstić information content (AvgIpc) is 3.25. The molecule has 1 aliphatic heterocycles. The van der Waals surface area contributed by atoms with Crippen LogP contribution in [-0.4, -0.2) is 58.6 Å². The van der Waals surface area contributed by atoms with Crippen LogP contribution in [0.25, 0.3) is 28.2 Å². The van der Waals surface area contributed by atoms with Gasteiger partial charge in [0.25, 0.3) is 0 Å². The Labute approximate surface area is 200 Å². The molecule has 2 heterocycles. The van der Waals surface area contributed by atoms with Gasteiger partial charge in [-0.1, -0.05) is 91.0 Å². The number of carbonyl (C=O) groups is 1. The van der Waals surface area contributed by atoms with Gasteiger partial charge in [-0.05, 0) is 17.2 Å². The fraction of sp³-hybridized carbons (Fsp3) is 0.207. The number of nitrogens with one attached hydrogen (secondary N) is 1. The number of aliphatic carboxylic acids is 1. The first-order valence-electron chi connectivity index (χ1n) is 11.8. The molecule has 5 rings (SSSR count). The molecule has 0 bridgehead atoms. The van der Waals surface area contributed by atoms with Gasteiger partial charge in [0.05, 0.1) is 5.69 Å². The molecule has 34 heavy (non-hydrogen) atoms. The fourth-order valence-corrected chi connectivity index (χ4v) is 4.85. The maximum atomic E-state index is 12.7. The maximum Gasteiger partial charge on any atom is 0.325 e. The normalized spacial score (nSPS) is 16.2. The Hall–Kier alpha value is -3.67. The molecule has 2 N–H and O–H groups in total. The molecule has 0 aliphatic carbocycles. The number of hydrogen-bond acceptors (Lipinski definition) is 3. The van der Waals surface area contributed by atoms with Crippen molar-refractivity contribution in [1.82, 2.24) is 14.8 Å². The number of fused-ring (bicyclic) bond motifs is 1. The third kappa shape index (κ3) is 4.67. The van der Waals surface area contributed by atoms with Crippen molar-refractivity contribution < 1.29 is 9.90 Å². The van der Waals surface area contributed by atoms with Gasteiger partial charge in [-0.3, -0.25) is 14.6 Å². The van der Waals surface area contributed by atoms with Crippen LogP contribution < -0.4 is 0 Å². The molecule has 0 amide bonds. The summed E-state index contributed by atoms with van der Waals surface area (Å²) in [5, 5.41) is 11.4. The van der Waals surface area contributed by atoms with Crippen LogP contribution in [-0.2, 0) is 4.79 Å². The highest BCUT2D eigenvalue weighted by molar-refractivity contribution is 5.95. The van der Waals surface area contributed by atoms with Gasteiger partial charge in [-0.2, -0.15) is 0 Å². The molecular formula is C29H29N3O2. The van der Waals surface area contributed by atoms with Crippen molar-refractivity contribution in [2.24, 2.45) is 0 Å². The topological polar surface area (TPSA) is 59.6 Å². The number of nitrogens with zero attached hydrogens (tertiary/aromatic N) is 2. The number of benzene rings is 3. The molecule has 172 valence electrons. The van der Waals surface area contributed by atoms with E-state index in [0.717, 1.165) is 47.4 Å². The van der Waals surface area contributed by atoms with Crippen molar-refractivity contribution in [3.8, 4) is 11.3 Å². The number of hydrogen-bond donors (Lipinski definition) is 2. The van der Waals surface area contributed by atoms with Gasteiger partial charge in [0.15, 0.2) is 0 Å². The second kappa shape index (κ2) is 10.1. The van der Waals surface area contributed by atoms with Crippen LogP contribution in [0.2, 0.25) is 0 Å². The van der Waals surface area contributed by atoms with E-state index in [-0.39, 0.29) is 0 Å². The number of piperazine rings is 1. The summed E-state index contributed by atoms with van der Waals surface area (Å²) >= 11 is 0. The zero-order valence-corrected chi connectivity index (χ0v) is 19.1. The largest absolute Gasteiger partial charge is 0.480 e. The molecule has 5 heteroatoms. The lowest BCUT2D eigenvalue weighted by molar-refractivity contribution is -0.144. The van der Waals surface area contributed by atoms with E-state index in [1.54, 1.807) is 0 Å². The minimum absolute atomic E-state index is 0.701. The van der Waals surface area contributed by atoms with Crippen molar-refractivity contribution in [3.63, 3.8) is 0 Å². The van der Waals surface area contributed by atoms with Crippen molar-refractivity contribution >= 4 is 22.9 Å². The molecule has 5 nitrogen and oxygen atoms in total. The molecule has 1 unspecified atom stereocenters. The summed E-state index contributed by atoms with van der Waals surface area (Å²) in [6.07, 6.45) is 4.33. The van der Waals surface area contributed by atoms with Crippen LogP contribution in [0.4, 0.5) is 0 Å². The second-order valence-corrected chi connectivity index (χ2v) is 8.72. The molecule has 1 saturated heterocycles. The molecule has 0 radical (unpaired) electrons. The van der Waals surface area contributed by atoms with Gasteiger partial charge >= 0.3 is 5.97 Å². The van der Waals surface area contributed by atoms with Crippen LogP contribution in [0, 0.1) is 0 Å². The van der Waals surface area contributed by atoms with Crippen molar-refractivity contribution in [3.05, 3.63) is 102 Å². The zero-order valence-electron chi connectivity index (χ0n) is 19.1. The van der Waals surface area contributed by atoms with E-state index in [9.17, 15) is 9.90 Å². The number of aromatic nitrogens is 1. The van der Waals surface area contributed by atoms with E-state index in [2.05, 4.69) is 39.1 Å². The van der Waals surface area contributed by atoms with Crippen molar-refractivity contribution in [1.29, 1.82) is 0 Å². The number of H-pyrrole nitrogens is 1. The second-order valence-electron chi connectivity index (χ2n) is 8.72. The highest BCUT2D eigenvalue weighted by Crippen LogP contribution is 2.37. The Morgan fingerprint density at radius 3 is 2.24 bits per heavy atom. The van der Waals surface area contributed by atoms with Gasteiger partial charge in [-0.25, -0.2) is 0 Å². The first-order chi connectivity index (χ1) is 16.7. The molecule has 0 spiro atoms. The van der Waals surface area contributed by atoms with Crippen LogP contribution >= 0.6 is 0 Å². The molecule has 1 aliphatic rings. The quantitative estimate of drug-likeness (QED) is 0.401. The summed E-state index contributed by atoms with van der Waals surface area (Å²) < 4.78 is 0. The Morgan fingerprint density at radius 1 is 0.882 bits per heavy atom. The maximum absolute atomic E-state index is 12.7. The number of carboxylic acid groups (broad SMARTS) is 1. The van der Waals surface area contributed by atoms with E-state index in [0.29, 0.717) is 13.1 Å². The van der Waals surface area contributed by atoms with E-state index < -0.39 is 12.0 Å². The smallest absolute Gasteiger partial charge is 0.325 e. The van der Waals surface area contributed by atoms with Crippen molar-refractivity contribution in [2.45, 2.75) is 6.04 Å². The van der Waals surface area contributed by atoms with Crippen LogP contribution in [0.3, 0.4) is 0 Å². The van der Waals surface area contributed by atoms with Crippen LogP contribution in [0.15, 0.2) is 91.0 Å². The van der Waals surface area contributed by atoms with Crippen molar-refractivity contribution in [2.75, 3.05) is 32.7 Å². The Bertz CT molecular complexity index is 1270. The molecule has 4 aromatic rings. The first kappa shape index (κ1) is 22.1. The van der Waals surface area contributed by atoms with Crippen LogP contribution in [0.1, 0.15) is 17.2 Å². The lowest BCUT2D eigenvalue weighted by atomic mass is 9.97. The Morgan fingerprint density at radius 2 is 1.53 bits per heavy atom. The molecule has 3 aromatic carbocycles. The number of para-hydroxylation sites is 1. The molecule has 0 saturated carbocycles. The van der Waals surface area contributed by atoms with Gasteiger partial charge in [0, 0.05) is 49.2 Å². The van der Waals surface area contributed by atoms with E-state index in [1.807, 2.05) is 72.8 Å². The lowest BCUT2D eigenvalue weighted by Gasteiger charge is -2.37. The van der Waals surface area contributed by atoms with E-state index >= 15 is 0 Å². The van der Waals surface area contributed by atoms with Crippen LogP contribution in [0.5, 0.6) is 0 Å². The number of rotatable bonds is 7. The minimum Gasteiger partial charge on any atom is -0.480 e. The average molecular weight is 452 g/mol. The standard InChI is InChI=1S/C29H29N3O2/c33-29(34)28(32-20-18-31(19-21-32)17-9-12-22-10-3-1-4-11-22)26-24-15-7-8-16-25(24)30-27(26)23-13-5-2-6-14-23/h1-16,28,30H,17-21H2,(H,33,34). The monoisotopic (exact) mass is 451 g/mol. The van der Waals surface area contributed by atoms with Gasteiger partial charge < -0.3 is 10.1 Å².